The molecule has 0 aliphatic carbocycles. The molecule has 168 valence electrons. The van der Waals surface area contributed by atoms with E-state index in [1.807, 2.05) is 17.8 Å². The molecule has 10 nitrogen and oxygen atoms in total. The highest BCUT2D eigenvalue weighted by molar-refractivity contribution is 6.15. The highest BCUT2D eigenvalue weighted by Gasteiger charge is 2.36. The molecule has 10 heteroatoms. The van der Waals surface area contributed by atoms with Crippen molar-refractivity contribution in [2.24, 2.45) is 21.5 Å². The van der Waals surface area contributed by atoms with Gasteiger partial charge in [-0.1, -0.05) is 6.58 Å². The van der Waals surface area contributed by atoms with Gasteiger partial charge in [-0.15, -0.1) is 0 Å². The van der Waals surface area contributed by atoms with E-state index in [-0.39, 0.29) is 5.91 Å². The van der Waals surface area contributed by atoms with Gasteiger partial charge in [0.15, 0.2) is 0 Å². The third-order valence-corrected chi connectivity index (χ3v) is 5.97. The maximum atomic E-state index is 12.6. The van der Waals surface area contributed by atoms with Gasteiger partial charge in [-0.05, 0) is 26.2 Å². The number of guanidine groups is 1. The number of hydrogen-bond acceptors (Lipinski definition) is 7. The third-order valence-electron chi connectivity index (χ3n) is 5.97. The SMILES string of the molecule is C=CC(=O)[N+]1(CCC(N)=C2C(=NC)NC(Nc3cnn(CC)c3)=NC2N)CCCCC1. The fourth-order valence-electron chi connectivity index (χ4n) is 4.21. The summed E-state index contributed by atoms with van der Waals surface area (Å²) in [6.07, 6.45) is 8.14. The number of amides is 1. The standard InChI is InChI=1S/C21H34N9O/c1-4-17(31)30(10-7-6-8-11-30)12-9-16(22)18-19(23)27-21(28-20(18)24-3)26-15-13-25-29(5-2)14-15/h4,13-14,19H,1,5-12,22-23H2,2-3H3,(H2,24,26,27,28)/q+1. The lowest BCUT2D eigenvalue weighted by atomic mass is 10.0. The Bertz CT molecular complexity index is 906. The molecule has 0 aromatic carbocycles. The number of carbonyl (C=O) groups is 1. The molecule has 6 N–H and O–H groups in total. The highest BCUT2D eigenvalue weighted by Crippen LogP contribution is 2.23. The molecule has 1 saturated heterocycles. The first kappa shape index (κ1) is 22.7. The second-order valence-corrected chi connectivity index (χ2v) is 7.94. The number of hydrogen-bond donors (Lipinski definition) is 4. The van der Waals surface area contributed by atoms with Gasteiger partial charge in [-0.2, -0.15) is 5.10 Å². The minimum atomic E-state index is -0.659. The van der Waals surface area contributed by atoms with Gasteiger partial charge in [0, 0.05) is 38.0 Å². The third kappa shape index (κ3) is 5.02. The van der Waals surface area contributed by atoms with Crippen LogP contribution in [0.15, 0.2) is 46.3 Å². The van der Waals surface area contributed by atoms with E-state index in [4.69, 9.17) is 11.5 Å². The number of aromatic nitrogens is 2. The predicted molar refractivity (Wildman–Crippen MR) is 123 cm³/mol. The Balaban J connectivity index is 1.77. The number of likely N-dealkylation sites (tertiary alicyclic amines) is 1. The molecule has 2 aliphatic heterocycles. The van der Waals surface area contributed by atoms with Crippen molar-refractivity contribution < 1.29 is 9.28 Å². The summed E-state index contributed by atoms with van der Waals surface area (Å²) in [5.74, 6) is 1.12. The number of anilines is 1. The number of carbonyl (C=O) groups excluding carboxylic acids is 1. The quantitative estimate of drug-likeness (QED) is 0.393. The van der Waals surface area contributed by atoms with E-state index in [0.29, 0.717) is 40.5 Å². The minimum Gasteiger partial charge on any atom is -0.401 e. The molecule has 1 unspecified atom stereocenters. The van der Waals surface area contributed by atoms with E-state index in [1.54, 1.807) is 13.2 Å². The van der Waals surface area contributed by atoms with Crippen LogP contribution in [0.1, 0.15) is 32.6 Å². The molecular weight excluding hydrogens is 394 g/mol. The molecule has 3 heterocycles. The molecule has 1 atom stereocenters. The van der Waals surface area contributed by atoms with Crippen molar-refractivity contribution in [1.82, 2.24) is 15.1 Å². The molecule has 0 spiro atoms. The summed E-state index contributed by atoms with van der Waals surface area (Å²) in [4.78, 5) is 21.4. The van der Waals surface area contributed by atoms with E-state index in [9.17, 15) is 4.79 Å². The van der Waals surface area contributed by atoms with Crippen LogP contribution in [-0.4, -0.2) is 64.8 Å². The number of quaternary nitrogens is 1. The van der Waals surface area contributed by atoms with Gasteiger partial charge < -0.3 is 22.1 Å². The van der Waals surface area contributed by atoms with Gasteiger partial charge in [0.1, 0.15) is 12.0 Å². The lowest BCUT2D eigenvalue weighted by Gasteiger charge is -2.38. The van der Waals surface area contributed by atoms with Crippen LogP contribution < -0.4 is 22.1 Å². The molecule has 3 rings (SSSR count). The Morgan fingerprint density at radius 3 is 2.81 bits per heavy atom. The number of nitrogens with zero attached hydrogens (tertiary/aromatic N) is 5. The number of amidine groups is 1. The maximum Gasteiger partial charge on any atom is 0.338 e. The van der Waals surface area contributed by atoms with Crippen molar-refractivity contribution in [2.75, 3.05) is 32.0 Å². The van der Waals surface area contributed by atoms with Crippen molar-refractivity contribution in [1.29, 1.82) is 0 Å². The molecule has 0 bridgehead atoms. The van der Waals surface area contributed by atoms with Crippen LogP contribution in [-0.2, 0) is 11.3 Å². The van der Waals surface area contributed by atoms with Crippen LogP contribution in [0, 0.1) is 0 Å². The number of aryl methyl sites for hydroxylation is 1. The van der Waals surface area contributed by atoms with Crippen LogP contribution in [0.2, 0.25) is 0 Å². The lowest BCUT2D eigenvalue weighted by molar-refractivity contribution is -0.857. The fourth-order valence-corrected chi connectivity index (χ4v) is 4.21. The summed E-state index contributed by atoms with van der Waals surface area (Å²) < 4.78 is 2.21. The number of aliphatic imine (C=N–C) groups is 2. The molecule has 1 fully saturated rings. The van der Waals surface area contributed by atoms with E-state index in [1.165, 1.54) is 6.08 Å². The number of rotatable bonds is 6. The highest BCUT2D eigenvalue weighted by atomic mass is 16.2. The van der Waals surface area contributed by atoms with Crippen molar-refractivity contribution in [3.8, 4) is 0 Å². The van der Waals surface area contributed by atoms with Crippen LogP contribution in [0.4, 0.5) is 5.69 Å². The minimum absolute atomic E-state index is 0.0603. The molecule has 31 heavy (non-hydrogen) atoms. The van der Waals surface area contributed by atoms with Gasteiger partial charge in [-0.3, -0.25) is 14.2 Å². The largest absolute Gasteiger partial charge is 0.401 e. The molecule has 1 amide bonds. The number of piperidine rings is 1. The van der Waals surface area contributed by atoms with Crippen LogP contribution in [0.25, 0.3) is 0 Å². The average molecular weight is 429 g/mol. The summed E-state index contributed by atoms with van der Waals surface area (Å²) in [7, 11) is 1.68. The maximum absolute atomic E-state index is 12.6. The van der Waals surface area contributed by atoms with Crippen LogP contribution in [0.5, 0.6) is 0 Å². The second kappa shape index (κ2) is 9.88. The zero-order chi connectivity index (χ0) is 22.4. The summed E-state index contributed by atoms with van der Waals surface area (Å²) in [5, 5.41) is 10.6. The fraction of sp³-hybridized carbons (Fsp3) is 0.524. The summed E-state index contributed by atoms with van der Waals surface area (Å²) in [5.41, 5.74) is 14.9. The molecule has 1 aromatic heterocycles. The zero-order valence-corrected chi connectivity index (χ0v) is 18.5. The lowest BCUT2D eigenvalue weighted by Crippen LogP contribution is -2.56. The molecule has 1 aromatic rings. The summed E-state index contributed by atoms with van der Waals surface area (Å²) in [6.45, 7) is 8.76. The van der Waals surface area contributed by atoms with Gasteiger partial charge >= 0.3 is 5.91 Å². The smallest absolute Gasteiger partial charge is 0.338 e. The van der Waals surface area contributed by atoms with Gasteiger partial charge in [0.2, 0.25) is 5.96 Å². The van der Waals surface area contributed by atoms with Gasteiger partial charge in [0.25, 0.3) is 0 Å². The molecule has 0 radical (unpaired) electrons. The van der Waals surface area contributed by atoms with Gasteiger partial charge in [-0.25, -0.2) is 9.79 Å². The van der Waals surface area contributed by atoms with Crippen molar-refractivity contribution >= 4 is 23.4 Å². The Morgan fingerprint density at radius 1 is 1.45 bits per heavy atom. The molecule has 2 aliphatic rings. The van der Waals surface area contributed by atoms with Gasteiger partial charge in [0.05, 0.1) is 37.1 Å². The average Bonchev–Trinajstić information content (AvgIpc) is 3.24. The number of nitrogens with one attached hydrogen (secondary N) is 2. The molecular formula is C21H34N9O+. The first-order valence-electron chi connectivity index (χ1n) is 10.8. The predicted octanol–water partition coefficient (Wildman–Crippen LogP) is 0.903. The number of nitrogens with two attached hydrogens (primary N) is 2. The van der Waals surface area contributed by atoms with Crippen molar-refractivity contribution in [2.45, 2.75) is 45.3 Å². The van der Waals surface area contributed by atoms with Crippen molar-refractivity contribution in [3.63, 3.8) is 0 Å². The topological polar surface area (TPSA) is 136 Å². The van der Waals surface area contributed by atoms with Crippen LogP contribution in [0.3, 0.4) is 0 Å². The van der Waals surface area contributed by atoms with E-state index < -0.39 is 6.17 Å². The Morgan fingerprint density at radius 2 is 2.19 bits per heavy atom. The first-order valence-corrected chi connectivity index (χ1v) is 10.8. The molecule has 0 saturated carbocycles. The van der Waals surface area contributed by atoms with E-state index in [2.05, 4.69) is 32.3 Å². The monoisotopic (exact) mass is 428 g/mol. The summed E-state index contributed by atoms with van der Waals surface area (Å²) >= 11 is 0. The van der Waals surface area contributed by atoms with E-state index >= 15 is 0 Å². The Labute approximate surface area is 183 Å². The van der Waals surface area contributed by atoms with Crippen molar-refractivity contribution in [3.05, 3.63) is 36.3 Å². The zero-order valence-electron chi connectivity index (χ0n) is 18.5. The normalized spacial score (nSPS) is 23.6. The Kier molecular flexibility index (Phi) is 7.24. The van der Waals surface area contributed by atoms with E-state index in [0.717, 1.165) is 44.6 Å². The summed E-state index contributed by atoms with van der Waals surface area (Å²) in [6, 6.07) is 0. The Hall–Kier alpha value is -2.98. The van der Waals surface area contributed by atoms with Crippen LogP contribution >= 0.6 is 0 Å². The second-order valence-electron chi connectivity index (χ2n) is 7.94. The first-order chi connectivity index (χ1) is 14.9.